The summed E-state index contributed by atoms with van der Waals surface area (Å²) in [6.45, 7) is 5.80. The van der Waals surface area contributed by atoms with Gasteiger partial charge in [-0.25, -0.2) is 9.18 Å². The monoisotopic (exact) mass is 320 g/mol. The predicted octanol–water partition coefficient (Wildman–Crippen LogP) is 3.29. The number of ether oxygens (including phenoxy) is 1. The van der Waals surface area contributed by atoms with Crippen molar-refractivity contribution in [1.82, 2.24) is 4.90 Å². The SMILES string of the molecule is CN1CC2(CC2)c2cc(F)c(NC(=O)OC(C)(C)C)cc2C1=O. The number of benzene rings is 1. The number of nitrogens with one attached hydrogen (secondary N) is 1. The number of anilines is 1. The minimum absolute atomic E-state index is 0.0301. The Balaban J connectivity index is 1.92. The third-order valence-corrected chi connectivity index (χ3v) is 4.28. The highest BCUT2D eigenvalue weighted by Gasteiger charge is 2.51. The lowest BCUT2D eigenvalue weighted by molar-refractivity contribution is 0.0634. The molecule has 1 saturated carbocycles. The molecule has 0 atom stereocenters. The lowest BCUT2D eigenvalue weighted by atomic mass is 9.86. The smallest absolute Gasteiger partial charge is 0.412 e. The number of carbonyl (C=O) groups is 2. The molecule has 23 heavy (non-hydrogen) atoms. The van der Waals surface area contributed by atoms with Crippen LogP contribution in [0.3, 0.4) is 0 Å². The molecule has 0 bridgehead atoms. The van der Waals surface area contributed by atoms with Gasteiger partial charge < -0.3 is 9.64 Å². The van der Waals surface area contributed by atoms with Crippen molar-refractivity contribution in [3.63, 3.8) is 0 Å². The normalized spacial score (nSPS) is 18.7. The van der Waals surface area contributed by atoms with Gasteiger partial charge in [-0.15, -0.1) is 0 Å². The summed E-state index contributed by atoms with van der Waals surface area (Å²) < 4.78 is 19.5. The van der Waals surface area contributed by atoms with E-state index >= 15 is 0 Å². The molecule has 1 aromatic rings. The topological polar surface area (TPSA) is 58.6 Å². The van der Waals surface area contributed by atoms with Crippen LogP contribution in [0.4, 0.5) is 14.9 Å². The summed E-state index contributed by atoms with van der Waals surface area (Å²) in [5.74, 6) is -0.692. The number of fused-ring (bicyclic) bond motifs is 2. The van der Waals surface area contributed by atoms with Crippen molar-refractivity contribution in [2.45, 2.75) is 44.6 Å². The Morgan fingerprint density at radius 3 is 2.57 bits per heavy atom. The van der Waals surface area contributed by atoms with E-state index in [0.717, 1.165) is 18.4 Å². The third kappa shape index (κ3) is 2.90. The van der Waals surface area contributed by atoms with E-state index in [0.29, 0.717) is 12.1 Å². The van der Waals surface area contributed by atoms with E-state index in [4.69, 9.17) is 4.74 Å². The Morgan fingerprint density at radius 2 is 2.00 bits per heavy atom. The molecule has 0 saturated heterocycles. The van der Waals surface area contributed by atoms with Crippen LogP contribution in [0.25, 0.3) is 0 Å². The molecule has 1 aliphatic heterocycles. The van der Waals surface area contributed by atoms with Crippen LogP contribution in [0.15, 0.2) is 12.1 Å². The van der Waals surface area contributed by atoms with Crippen molar-refractivity contribution in [2.75, 3.05) is 18.9 Å². The summed E-state index contributed by atoms with van der Waals surface area (Å²) in [5, 5.41) is 2.39. The Hall–Kier alpha value is -2.11. The number of halogens is 1. The Morgan fingerprint density at radius 1 is 1.35 bits per heavy atom. The highest BCUT2D eigenvalue weighted by atomic mass is 19.1. The van der Waals surface area contributed by atoms with Crippen molar-refractivity contribution in [3.8, 4) is 0 Å². The molecular weight excluding hydrogens is 299 g/mol. The second-order valence-corrected chi connectivity index (χ2v) is 7.45. The van der Waals surface area contributed by atoms with Gasteiger partial charge in [-0.05, 0) is 51.3 Å². The Labute approximate surface area is 134 Å². The van der Waals surface area contributed by atoms with Gasteiger partial charge in [-0.3, -0.25) is 10.1 Å². The maximum absolute atomic E-state index is 14.4. The lowest BCUT2D eigenvalue weighted by Gasteiger charge is -2.32. The zero-order valence-corrected chi connectivity index (χ0v) is 13.8. The molecule has 5 nitrogen and oxygen atoms in total. The van der Waals surface area contributed by atoms with Crippen LogP contribution >= 0.6 is 0 Å². The number of likely N-dealkylation sites (N-methyl/N-ethyl adjacent to an activating group) is 1. The summed E-state index contributed by atoms with van der Waals surface area (Å²) in [6.07, 6.45) is 1.17. The van der Waals surface area contributed by atoms with Gasteiger partial charge in [0.25, 0.3) is 5.91 Å². The number of hydrogen-bond acceptors (Lipinski definition) is 3. The summed E-state index contributed by atoms with van der Waals surface area (Å²) in [7, 11) is 1.75. The fourth-order valence-corrected chi connectivity index (χ4v) is 3.09. The van der Waals surface area contributed by atoms with Crippen molar-refractivity contribution >= 4 is 17.7 Å². The van der Waals surface area contributed by atoms with Crippen molar-refractivity contribution in [3.05, 3.63) is 29.1 Å². The van der Waals surface area contributed by atoms with Gasteiger partial charge in [0.15, 0.2) is 0 Å². The molecule has 1 heterocycles. The average molecular weight is 320 g/mol. The van der Waals surface area contributed by atoms with E-state index in [1.165, 1.54) is 12.1 Å². The molecule has 0 aromatic heterocycles. The fraction of sp³-hybridized carbons (Fsp3) is 0.529. The molecule has 1 N–H and O–H groups in total. The van der Waals surface area contributed by atoms with Crippen molar-refractivity contribution in [2.24, 2.45) is 0 Å². The average Bonchev–Trinajstić information content (AvgIpc) is 3.16. The van der Waals surface area contributed by atoms with E-state index in [2.05, 4.69) is 5.32 Å². The number of carbonyl (C=O) groups excluding carboxylic acids is 2. The molecule has 0 radical (unpaired) electrons. The Kier molecular flexibility index (Phi) is 3.39. The first-order valence-corrected chi connectivity index (χ1v) is 7.71. The molecule has 0 unspecified atom stereocenters. The number of amides is 2. The molecular formula is C17H21FN2O3. The molecule has 124 valence electrons. The van der Waals surface area contributed by atoms with E-state index in [1.54, 1.807) is 32.7 Å². The quantitative estimate of drug-likeness (QED) is 0.864. The molecule has 6 heteroatoms. The van der Waals surface area contributed by atoms with Crippen LogP contribution < -0.4 is 5.32 Å². The van der Waals surface area contributed by atoms with Gasteiger partial charge in [0, 0.05) is 24.6 Å². The van der Waals surface area contributed by atoms with Gasteiger partial charge in [0.2, 0.25) is 0 Å². The molecule has 2 aliphatic rings. The van der Waals surface area contributed by atoms with Crippen LogP contribution in [0, 0.1) is 5.82 Å². The second kappa shape index (κ2) is 4.94. The maximum atomic E-state index is 14.4. The third-order valence-electron chi connectivity index (χ3n) is 4.28. The summed E-state index contributed by atoms with van der Waals surface area (Å²) >= 11 is 0. The molecule has 1 spiro atoms. The minimum Gasteiger partial charge on any atom is -0.444 e. The van der Waals surface area contributed by atoms with Crippen LogP contribution in [0.1, 0.15) is 49.5 Å². The van der Waals surface area contributed by atoms with Gasteiger partial charge in [0.05, 0.1) is 5.69 Å². The summed E-state index contributed by atoms with van der Waals surface area (Å²) in [5.41, 5.74) is 0.403. The number of nitrogens with zero attached hydrogens (tertiary/aromatic N) is 1. The molecule has 1 fully saturated rings. The minimum atomic E-state index is -0.742. The zero-order chi connectivity index (χ0) is 17.0. The highest BCUT2D eigenvalue weighted by molar-refractivity contribution is 5.99. The number of rotatable bonds is 1. The van der Waals surface area contributed by atoms with Gasteiger partial charge in [-0.1, -0.05) is 0 Å². The Bertz CT molecular complexity index is 690. The van der Waals surface area contributed by atoms with E-state index < -0.39 is 17.5 Å². The first kappa shape index (κ1) is 15.8. The van der Waals surface area contributed by atoms with Crippen LogP contribution in [-0.4, -0.2) is 36.1 Å². The van der Waals surface area contributed by atoms with Crippen molar-refractivity contribution in [1.29, 1.82) is 0 Å². The van der Waals surface area contributed by atoms with Gasteiger partial charge in [0.1, 0.15) is 11.4 Å². The number of hydrogen-bond donors (Lipinski definition) is 1. The maximum Gasteiger partial charge on any atom is 0.412 e. The first-order valence-electron chi connectivity index (χ1n) is 7.71. The van der Waals surface area contributed by atoms with E-state index in [9.17, 15) is 14.0 Å². The standard InChI is InChI=1S/C17H21FN2O3/c1-16(2,3)23-15(22)19-13-7-10-11(8-12(13)18)17(5-6-17)9-20(4)14(10)21/h7-8H,5-6,9H2,1-4H3,(H,19,22). The van der Waals surface area contributed by atoms with Crippen LogP contribution in [-0.2, 0) is 10.2 Å². The van der Waals surface area contributed by atoms with Gasteiger partial charge >= 0.3 is 6.09 Å². The molecule has 1 aromatic carbocycles. The predicted molar refractivity (Wildman–Crippen MR) is 84.1 cm³/mol. The molecule has 3 rings (SSSR count). The fourth-order valence-electron chi connectivity index (χ4n) is 3.09. The lowest BCUT2D eigenvalue weighted by Crippen LogP contribution is -2.41. The van der Waals surface area contributed by atoms with E-state index in [1.807, 2.05) is 0 Å². The van der Waals surface area contributed by atoms with E-state index in [-0.39, 0.29) is 17.0 Å². The zero-order valence-electron chi connectivity index (χ0n) is 13.8. The van der Waals surface area contributed by atoms with Crippen molar-refractivity contribution < 1.29 is 18.7 Å². The highest BCUT2D eigenvalue weighted by Crippen LogP contribution is 2.52. The van der Waals surface area contributed by atoms with Crippen LogP contribution in [0.5, 0.6) is 0 Å². The summed E-state index contributed by atoms with van der Waals surface area (Å²) in [6, 6.07) is 2.81. The molecule has 2 amide bonds. The second-order valence-electron chi connectivity index (χ2n) is 7.45. The first-order chi connectivity index (χ1) is 10.6. The summed E-state index contributed by atoms with van der Waals surface area (Å²) in [4.78, 5) is 25.9. The molecule has 1 aliphatic carbocycles. The van der Waals surface area contributed by atoms with Crippen LogP contribution in [0.2, 0.25) is 0 Å². The van der Waals surface area contributed by atoms with Gasteiger partial charge in [-0.2, -0.15) is 0 Å². The largest absolute Gasteiger partial charge is 0.444 e.